The van der Waals surface area contributed by atoms with Gasteiger partial charge in [-0.15, -0.1) is 0 Å². The van der Waals surface area contributed by atoms with Gasteiger partial charge in [0.15, 0.2) is 5.78 Å². The Hall–Kier alpha value is -0.410. The number of rotatable bonds is 7. The Labute approximate surface area is 105 Å². The van der Waals surface area contributed by atoms with Gasteiger partial charge in [-0.25, -0.2) is 0 Å². The summed E-state index contributed by atoms with van der Waals surface area (Å²) in [6.07, 6.45) is 4.96. The standard InChI is InChI=1S/C14H26O3/c1-4-9-16-11-13(15)14(17-5-2)8-6-7-12(3)10-14/h12H,4-11H2,1-3H3. The first-order valence-electron chi connectivity index (χ1n) is 6.89. The average molecular weight is 242 g/mol. The van der Waals surface area contributed by atoms with Crippen molar-refractivity contribution in [2.75, 3.05) is 19.8 Å². The van der Waals surface area contributed by atoms with Gasteiger partial charge in [-0.1, -0.05) is 20.3 Å². The van der Waals surface area contributed by atoms with Gasteiger partial charge < -0.3 is 9.47 Å². The quantitative estimate of drug-likeness (QED) is 0.644. The van der Waals surface area contributed by atoms with Crippen molar-refractivity contribution in [1.29, 1.82) is 0 Å². The largest absolute Gasteiger partial charge is 0.374 e. The van der Waals surface area contributed by atoms with Crippen LogP contribution in [0, 0.1) is 5.92 Å². The molecule has 2 unspecified atom stereocenters. The second kappa shape index (κ2) is 7.12. The molecule has 0 amide bonds. The zero-order chi connectivity index (χ0) is 12.7. The fourth-order valence-electron chi connectivity index (χ4n) is 2.68. The number of hydrogen-bond donors (Lipinski definition) is 0. The van der Waals surface area contributed by atoms with Gasteiger partial charge in [-0.2, -0.15) is 0 Å². The van der Waals surface area contributed by atoms with Gasteiger partial charge in [-0.3, -0.25) is 4.79 Å². The Morgan fingerprint density at radius 3 is 2.76 bits per heavy atom. The van der Waals surface area contributed by atoms with E-state index in [1.165, 1.54) is 6.42 Å². The smallest absolute Gasteiger partial charge is 0.190 e. The summed E-state index contributed by atoms with van der Waals surface area (Å²) in [5.41, 5.74) is -0.555. The second-order valence-electron chi connectivity index (χ2n) is 5.10. The van der Waals surface area contributed by atoms with Crippen molar-refractivity contribution in [3.05, 3.63) is 0 Å². The normalized spacial score (nSPS) is 29.2. The monoisotopic (exact) mass is 242 g/mol. The lowest BCUT2D eigenvalue weighted by atomic mass is 9.76. The molecular weight excluding hydrogens is 216 g/mol. The van der Waals surface area contributed by atoms with Crippen LogP contribution in [-0.4, -0.2) is 31.2 Å². The summed E-state index contributed by atoms with van der Waals surface area (Å²) < 4.78 is 11.2. The van der Waals surface area contributed by atoms with Gasteiger partial charge >= 0.3 is 0 Å². The summed E-state index contributed by atoms with van der Waals surface area (Å²) in [5, 5.41) is 0. The van der Waals surface area contributed by atoms with Crippen molar-refractivity contribution < 1.29 is 14.3 Å². The van der Waals surface area contributed by atoms with Crippen LogP contribution in [0.1, 0.15) is 52.9 Å². The topological polar surface area (TPSA) is 35.5 Å². The van der Waals surface area contributed by atoms with E-state index in [2.05, 4.69) is 6.92 Å². The van der Waals surface area contributed by atoms with Gasteiger partial charge in [0.05, 0.1) is 0 Å². The second-order valence-corrected chi connectivity index (χ2v) is 5.10. The molecule has 0 aromatic heterocycles. The lowest BCUT2D eigenvalue weighted by Crippen LogP contribution is -2.47. The summed E-state index contributed by atoms with van der Waals surface area (Å²) in [6.45, 7) is 7.68. The molecule has 0 aliphatic heterocycles. The molecule has 17 heavy (non-hydrogen) atoms. The number of carbonyl (C=O) groups is 1. The first-order valence-corrected chi connectivity index (χ1v) is 6.89. The molecule has 0 saturated heterocycles. The van der Waals surface area contributed by atoms with Gasteiger partial charge in [-0.05, 0) is 38.5 Å². The van der Waals surface area contributed by atoms with E-state index in [0.29, 0.717) is 19.1 Å². The van der Waals surface area contributed by atoms with Crippen LogP contribution in [0.3, 0.4) is 0 Å². The fourth-order valence-corrected chi connectivity index (χ4v) is 2.68. The first-order chi connectivity index (χ1) is 8.14. The van der Waals surface area contributed by atoms with Crippen LogP contribution in [0.5, 0.6) is 0 Å². The number of ketones is 1. The third-order valence-electron chi connectivity index (χ3n) is 3.47. The van der Waals surface area contributed by atoms with E-state index in [0.717, 1.165) is 25.7 Å². The van der Waals surface area contributed by atoms with Crippen LogP contribution in [0.2, 0.25) is 0 Å². The molecule has 0 aromatic rings. The maximum atomic E-state index is 12.3. The molecule has 3 nitrogen and oxygen atoms in total. The van der Waals surface area contributed by atoms with E-state index in [1.54, 1.807) is 0 Å². The van der Waals surface area contributed by atoms with Crippen LogP contribution in [0.4, 0.5) is 0 Å². The highest BCUT2D eigenvalue weighted by molar-refractivity contribution is 5.88. The van der Waals surface area contributed by atoms with E-state index in [9.17, 15) is 4.79 Å². The highest BCUT2D eigenvalue weighted by atomic mass is 16.5. The average Bonchev–Trinajstić information content (AvgIpc) is 2.29. The zero-order valence-electron chi connectivity index (χ0n) is 11.5. The highest BCUT2D eigenvalue weighted by Gasteiger charge is 2.41. The van der Waals surface area contributed by atoms with E-state index < -0.39 is 5.60 Å². The maximum absolute atomic E-state index is 12.3. The molecule has 3 heteroatoms. The third-order valence-corrected chi connectivity index (χ3v) is 3.47. The van der Waals surface area contributed by atoms with Crippen molar-refractivity contribution in [2.45, 2.75) is 58.5 Å². The predicted molar refractivity (Wildman–Crippen MR) is 68.1 cm³/mol. The molecule has 0 aromatic carbocycles. The lowest BCUT2D eigenvalue weighted by molar-refractivity contribution is -0.155. The summed E-state index contributed by atoms with van der Waals surface area (Å²) >= 11 is 0. The maximum Gasteiger partial charge on any atom is 0.190 e. The molecule has 1 fully saturated rings. The van der Waals surface area contributed by atoms with Crippen LogP contribution in [-0.2, 0) is 14.3 Å². The molecule has 2 atom stereocenters. The minimum Gasteiger partial charge on any atom is -0.374 e. The van der Waals surface area contributed by atoms with E-state index in [4.69, 9.17) is 9.47 Å². The Morgan fingerprint density at radius 2 is 2.18 bits per heavy atom. The fraction of sp³-hybridized carbons (Fsp3) is 0.929. The SMILES string of the molecule is CCCOCC(=O)C1(OCC)CCCC(C)C1. The van der Waals surface area contributed by atoms with Crippen LogP contribution in [0.15, 0.2) is 0 Å². The molecule has 1 aliphatic carbocycles. The molecule has 0 spiro atoms. The van der Waals surface area contributed by atoms with Crippen molar-refractivity contribution >= 4 is 5.78 Å². The van der Waals surface area contributed by atoms with Crippen molar-refractivity contribution in [2.24, 2.45) is 5.92 Å². The molecule has 0 heterocycles. The summed E-state index contributed by atoms with van der Waals surface area (Å²) in [6, 6.07) is 0. The molecule has 1 rings (SSSR count). The Bertz CT molecular complexity index is 236. The van der Waals surface area contributed by atoms with Crippen molar-refractivity contribution in [1.82, 2.24) is 0 Å². The van der Waals surface area contributed by atoms with Crippen molar-refractivity contribution in [3.63, 3.8) is 0 Å². The predicted octanol–water partition coefficient (Wildman–Crippen LogP) is 2.97. The number of hydrogen-bond acceptors (Lipinski definition) is 3. The Morgan fingerprint density at radius 1 is 1.41 bits per heavy atom. The van der Waals surface area contributed by atoms with Crippen LogP contribution < -0.4 is 0 Å². The van der Waals surface area contributed by atoms with Crippen LogP contribution >= 0.6 is 0 Å². The molecule has 1 saturated carbocycles. The van der Waals surface area contributed by atoms with Gasteiger partial charge in [0.25, 0.3) is 0 Å². The molecular formula is C14H26O3. The number of ether oxygens (including phenoxy) is 2. The summed E-state index contributed by atoms with van der Waals surface area (Å²) in [7, 11) is 0. The summed E-state index contributed by atoms with van der Waals surface area (Å²) in [5.74, 6) is 0.713. The van der Waals surface area contributed by atoms with E-state index in [-0.39, 0.29) is 12.4 Å². The molecule has 0 N–H and O–H groups in total. The van der Waals surface area contributed by atoms with Crippen molar-refractivity contribution in [3.8, 4) is 0 Å². The minimum absolute atomic E-state index is 0.138. The van der Waals surface area contributed by atoms with Gasteiger partial charge in [0.1, 0.15) is 12.2 Å². The molecule has 0 bridgehead atoms. The lowest BCUT2D eigenvalue weighted by Gasteiger charge is -2.38. The third kappa shape index (κ3) is 4.07. The Balaban J connectivity index is 2.59. The van der Waals surface area contributed by atoms with E-state index >= 15 is 0 Å². The zero-order valence-corrected chi connectivity index (χ0v) is 11.5. The highest BCUT2D eigenvalue weighted by Crippen LogP contribution is 2.36. The van der Waals surface area contributed by atoms with Gasteiger partial charge in [0.2, 0.25) is 0 Å². The number of Topliss-reactive ketones (excluding diaryl/α,β-unsaturated/α-hetero) is 1. The number of carbonyl (C=O) groups excluding carboxylic acids is 1. The molecule has 100 valence electrons. The van der Waals surface area contributed by atoms with Gasteiger partial charge in [0, 0.05) is 13.2 Å². The van der Waals surface area contributed by atoms with Crippen LogP contribution in [0.25, 0.3) is 0 Å². The minimum atomic E-state index is -0.555. The molecule has 0 radical (unpaired) electrons. The summed E-state index contributed by atoms with van der Waals surface area (Å²) in [4.78, 5) is 12.3. The van der Waals surface area contributed by atoms with E-state index in [1.807, 2.05) is 13.8 Å². The Kier molecular flexibility index (Phi) is 6.14. The molecule has 1 aliphatic rings. The first kappa shape index (κ1) is 14.7.